The van der Waals surface area contributed by atoms with Crippen molar-refractivity contribution in [3.8, 4) is 0 Å². The minimum absolute atomic E-state index is 0.438. The van der Waals surface area contributed by atoms with E-state index in [0.29, 0.717) is 24.4 Å². The summed E-state index contributed by atoms with van der Waals surface area (Å²) < 4.78 is 0. The molecule has 3 N–H and O–H groups in total. The zero-order valence-corrected chi connectivity index (χ0v) is 12.8. The van der Waals surface area contributed by atoms with Crippen molar-refractivity contribution < 1.29 is 14.7 Å². The van der Waals surface area contributed by atoms with Crippen LogP contribution in [0.1, 0.15) is 31.7 Å². The number of halogens is 1. The van der Waals surface area contributed by atoms with Gasteiger partial charge in [-0.25, -0.2) is 9.59 Å². The summed E-state index contributed by atoms with van der Waals surface area (Å²) in [6.07, 6.45) is 2.76. The van der Waals surface area contributed by atoms with Crippen LogP contribution >= 0.6 is 11.6 Å². The summed E-state index contributed by atoms with van der Waals surface area (Å²) in [4.78, 5) is 22.7. The molecular formula is C15H21ClN2O3. The maximum atomic E-state index is 11.7. The number of nitrogens with one attached hydrogen (secondary N) is 2. The fourth-order valence-corrected chi connectivity index (χ4v) is 1.97. The molecule has 0 heterocycles. The molecule has 0 aliphatic heterocycles. The standard InChI is InChI=1S/C15H21ClN2O3/c1-2-3-4-13(14(19)20)18-15(21)17-10-9-11-5-7-12(16)8-6-11/h5-8,13H,2-4,9-10H2,1H3,(H,19,20)(H2,17,18,21)/t13-/m0/s1. The number of carboxylic acids is 1. The van der Waals surface area contributed by atoms with Crippen LogP contribution in [0.5, 0.6) is 0 Å². The van der Waals surface area contributed by atoms with Gasteiger partial charge in [-0.3, -0.25) is 0 Å². The molecule has 0 aromatic heterocycles. The van der Waals surface area contributed by atoms with Crippen molar-refractivity contribution >= 4 is 23.6 Å². The lowest BCUT2D eigenvalue weighted by Gasteiger charge is -2.14. The van der Waals surface area contributed by atoms with Gasteiger partial charge >= 0.3 is 12.0 Å². The number of urea groups is 1. The highest BCUT2D eigenvalue weighted by Gasteiger charge is 2.18. The van der Waals surface area contributed by atoms with Crippen LogP contribution in [0, 0.1) is 0 Å². The minimum atomic E-state index is -1.00. The van der Waals surface area contributed by atoms with Crippen molar-refractivity contribution in [2.24, 2.45) is 0 Å². The molecule has 1 aromatic carbocycles. The first kappa shape index (κ1) is 17.3. The number of carbonyl (C=O) groups is 2. The van der Waals surface area contributed by atoms with Crippen LogP contribution in [0.4, 0.5) is 4.79 Å². The first-order valence-corrected chi connectivity index (χ1v) is 7.42. The quantitative estimate of drug-likeness (QED) is 0.690. The monoisotopic (exact) mass is 312 g/mol. The molecule has 2 amide bonds. The number of hydrogen-bond donors (Lipinski definition) is 3. The maximum absolute atomic E-state index is 11.7. The van der Waals surface area contributed by atoms with Gasteiger partial charge in [-0.15, -0.1) is 0 Å². The minimum Gasteiger partial charge on any atom is -0.480 e. The summed E-state index contributed by atoms with van der Waals surface area (Å²) in [5, 5.41) is 14.8. The van der Waals surface area contributed by atoms with Gasteiger partial charge in [-0.2, -0.15) is 0 Å². The van der Waals surface area contributed by atoms with Gasteiger partial charge in [0.1, 0.15) is 6.04 Å². The van der Waals surface area contributed by atoms with E-state index >= 15 is 0 Å². The van der Waals surface area contributed by atoms with E-state index in [1.807, 2.05) is 19.1 Å². The lowest BCUT2D eigenvalue weighted by atomic mass is 10.1. The summed E-state index contributed by atoms with van der Waals surface area (Å²) in [5.41, 5.74) is 1.06. The lowest BCUT2D eigenvalue weighted by molar-refractivity contribution is -0.139. The highest BCUT2D eigenvalue weighted by Crippen LogP contribution is 2.09. The highest BCUT2D eigenvalue weighted by atomic mass is 35.5. The van der Waals surface area contributed by atoms with Crippen molar-refractivity contribution in [2.75, 3.05) is 6.54 Å². The predicted octanol–water partition coefficient (Wildman–Crippen LogP) is 2.83. The van der Waals surface area contributed by atoms with Crippen LogP contribution in [-0.2, 0) is 11.2 Å². The number of unbranched alkanes of at least 4 members (excludes halogenated alkanes) is 1. The van der Waals surface area contributed by atoms with Gasteiger partial charge in [-0.05, 0) is 30.5 Å². The third-order valence-electron chi connectivity index (χ3n) is 3.06. The zero-order chi connectivity index (χ0) is 15.7. The van der Waals surface area contributed by atoms with E-state index in [4.69, 9.17) is 16.7 Å². The molecule has 1 aromatic rings. The fraction of sp³-hybridized carbons (Fsp3) is 0.467. The summed E-state index contributed by atoms with van der Waals surface area (Å²) in [6, 6.07) is 6.09. The predicted molar refractivity (Wildman–Crippen MR) is 82.6 cm³/mol. The van der Waals surface area contributed by atoms with Crippen molar-refractivity contribution in [2.45, 2.75) is 38.6 Å². The number of carboxylic acid groups (broad SMARTS) is 1. The van der Waals surface area contributed by atoms with Gasteiger partial charge in [0.05, 0.1) is 0 Å². The normalized spacial score (nSPS) is 11.7. The number of amides is 2. The number of benzene rings is 1. The number of aliphatic carboxylic acids is 1. The average Bonchev–Trinajstić information content (AvgIpc) is 2.45. The Balaban J connectivity index is 2.32. The smallest absolute Gasteiger partial charge is 0.326 e. The zero-order valence-electron chi connectivity index (χ0n) is 12.1. The maximum Gasteiger partial charge on any atom is 0.326 e. The number of rotatable bonds is 8. The molecule has 0 spiro atoms. The Bertz CT molecular complexity index is 462. The van der Waals surface area contributed by atoms with Gasteiger partial charge in [0.2, 0.25) is 0 Å². The second-order valence-electron chi connectivity index (χ2n) is 4.81. The van der Waals surface area contributed by atoms with Crippen LogP contribution in [-0.4, -0.2) is 29.7 Å². The third-order valence-corrected chi connectivity index (χ3v) is 3.31. The Morgan fingerprint density at radius 1 is 1.29 bits per heavy atom. The van der Waals surface area contributed by atoms with Gasteiger partial charge in [0.15, 0.2) is 0 Å². The van der Waals surface area contributed by atoms with E-state index in [1.165, 1.54) is 0 Å². The average molecular weight is 313 g/mol. The van der Waals surface area contributed by atoms with Gasteiger partial charge in [-0.1, -0.05) is 43.5 Å². The Labute approximate surface area is 129 Å². The van der Waals surface area contributed by atoms with Crippen molar-refractivity contribution in [1.82, 2.24) is 10.6 Å². The van der Waals surface area contributed by atoms with E-state index in [9.17, 15) is 9.59 Å². The van der Waals surface area contributed by atoms with E-state index < -0.39 is 18.0 Å². The van der Waals surface area contributed by atoms with Crippen LogP contribution in [0.25, 0.3) is 0 Å². The van der Waals surface area contributed by atoms with E-state index in [2.05, 4.69) is 10.6 Å². The molecule has 1 atom stereocenters. The lowest BCUT2D eigenvalue weighted by Crippen LogP contribution is -2.46. The Hall–Kier alpha value is -1.75. The SMILES string of the molecule is CCCC[C@H](NC(=O)NCCc1ccc(Cl)cc1)C(=O)O. The molecule has 0 saturated carbocycles. The van der Waals surface area contributed by atoms with Crippen LogP contribution < -0.4 is 10.6 Å². The molecule has 0 saturated heterocycles. The first-order chi connectivity index (χ1) is 10.0. The molecular weight excluding hydrogens is 292 g/mol. The molecule has 0 fully saturated rings. The van der Waals surface area contributed by atoms with Gasteiger partial charge in [0.25, 0.3) is 0 Å². The van der Waals surface area contributed by atoms with Crippen LogP contribution in [0.2, 0.25) is 5.02 Å². The highest BCUT2D eigenvalue weighted by molar-refractivity contribution is 6.30. The Morgan fingerprint density at radius 2 is 1.95 bits per heavy atom. The van der Waals surface area contributed by atoms with Crippen LogP contribution in [0.15, 0.2) is 24.3 Å². The molecule has 6 heteroatoms. The number of hydrogen-bond acceptors (Lipinski definition) is 2. The molecule has 0 radical (unpaired) electrons. The second-order valence-corrected chi connectivity index (χ2v) is 5.25. The Kier molecular flexibility index (Phi) is 7.61. The molecule has 21 heavy (non-hydrogen) atoms. The largest absolute Gasteiger partial charge is 0.480 e. The Morgan fingerprint density at radius 3 is 2.52 bits per heavy atom. The topological polar surface area (TPSA) is 78.4 Å². The molecule has 0 aliphatic carbocycles. The summed E-state index contributed by atoms with van der Waals surface area (Å²) in [6.45, 7) is 2.42. The van der Waals surface area contributed by atoms with Crippen LogP contribution in [0.3, 0.4) is 0 Å². The molecule has 0 aliphatic rings. The molecule has 116 valence electrons. The first-order valence-electron chi connectivity index (χ1n) is 7.04. The van der Waals surface area contributed by atoms with Gasteiger partial charge in [0, 0.05) is 11.6 Å². The molecule has 1 rings (SSSR count). The van der Waals surface area contributed by atoms with E-state index in [1.54, 1.807) is 12.1 Å². The van der Waals surface area contributed by atoms with E-state index in [-0.39, 0.29) is 0 Å². The summed E-state index contributed by atoms with van der Waals surface area (Å²) in [7, 11) is 0. The van der Waals surface area contributed by atoms with Gasteiger partial charge < -0.3 is 15.7 Å². The summed E-state index contributed by atoms with van der Waals surface area (Å²) >= 11 is 5.79. The molecule has 0 unspecified atom stereocenters. The summed E-state index contributed by atoms with van der Waals surface area (Å²) in [5.74, 6) is -1.00. The van der Waals surface area contributed by atoms with E-state index in [0.717, 1.165) is 18.4 Å². The second kappa shape index (κ2) is 9.23. The molecule has 0 bridgehead atoms. The van der Waals surface area contributed by atoms with Crippen molar-refractivity contribution in [1.29, 1.82) is 0 Å². The fourth-order valence-electron chi connectivity index (χ4n) is 1.85. The van der Waals surface area contributed by atoms with Crippen molar-refractivity contribution in [3.63, 3.8) is 0 Å². The van der Waals surface area contributed by atoms with Crippen molar-refractivity contribution in [3.05, 3.63) is 34.9 Å². The third kappa shape index (κ3) is 6.99. The molecule has 5 nitrogen and oxygen atoms in total. The number of carbonyl (C=O) groups excluding carboxylic acids is 1.